The molecular formula is C25H37F4N5O3. The molecule has 3 heterocycles. The second kappa shape index (κ2) is 9.66. The summed E-state index contributed by atoms with van der Waals surface area (Å²) in [5, 5.41) is 6.62. The summed E-state index contributed by atoms with van der Waals surface area (Å²) in [5.41, 5.74) is -0.371. The molecule has 37 heavy (non-hydrogen) atoms. The Bertz CT molecular complexity index is 977. The fourth-order valence-corrected chi connectivity index (χ4v) is 5.64. The van der Waals surface area contributed by atoms with Crippen molar-refractivity contribution >= 4 is 6.03 Å². The van der Waals surface area contributed by atoms with Crippen molar-refractivity contribution in [2.75, 3.05) is 26.2 Å². The van der Waals surface area contributed by atoms with Crippen LogP contribution in [0.2, 0.25) is 0 Å². The summed E-state index contributed by atoms with van der Waals surface area (Å²) in [6.45, 7) is 5.81. The number of rotatable bonds is 6. The van der Waals surface area contributed by atoms with E-state index in [1.54, 1.807) is 4.90 Å². The van der Waals surface area contributed by atoms with Crippen LogP contribution in [0.3, 0.4) is 0 Å². The van der Waals surface area contributed by atoms with Crippen LogP contribution in [0.25, 0.3) is 0 Å². The number of nitrogens with one attached hydrogen (secondary N) is 1. The molecule has 208 valence electrons. The van der Waals surface area contributed by atoms with Gasteiger partial charge in [-0.3, -0.25) is 4.90 Å². The van der Waals surface area contributed by atoms with Crippen molar-refractivity contribution in [3.8, 4) is 0 Å². The molecule has 2 saturated carbocycles. The lowest BCUT2D eigenvalue weighted by Crippen LogP contribution is -2.61. The van der Waals surface area contributed by atoms with Crippen LogP contribution >= 0.6 is 0 Å². The van der Waals surface area contributed by atoms with E-state index in [0.717, 1.165) is 12.8 Å². The first-order valence-electron chi connectivity index (χ1n) is 13.4. The molecule has 1 aromatic heterocycles. The predicted molar refractivity (Wildman–Crippen MR) is 126 cm³/mol. The Morgan fingerprint density at radius 3 is 2.43 bits per heavy atom. The minimum Gasteiger partial charge on any atom is -0.365 e. The molecule has 0 aromatic carbocycles. The molecule has 3 atom stereocenters. The molecule has 1 N–H and O–H groups in total. The van der Waals surface area contributed by atoms with Crippen LogP contribution in [0, 0.1) is 0 Å². The average molecular weight is 532 g/mol. The first kappa shape index (κ1) is 26.6. The highest BCUT2D eigenvalue weighted by Crippen LogP contribution is 2.42. The summed E-state index contributed by atoms with van der Waals surface area (Å²) >= 11 is 0. The Hall–Kier alpha value is -1.95. The van der Waals surface area contributed by atoms with Gasteiger partial charge in [0.1, 0.15) is 12.1 Å². The van der Waals surface area contributed by atoms with E-state index in [9.17, 15) is 22.4 Å². The van der Waals surface area contributed by atoms with Gasteiger partial charge in [-0.1, -0.05) is 12.1 Å². The number of hydrogen-bond acceptors (Lipinski definition) is 6. The molecule has 0 bridgehead atoms. The molecule has 2 amide bonds. The van der Waals surface area contributed by atoms with Crippen molar-refractivity contribution in [3.63, 3.8) is 0 Å². The molecular weight excluding hydrogens is 494 g/mol. The van der Waals surface area contributed by atoms with Crippen LogP contribution in [0.1, 0.15) is 83.3 Å². The number of urea groups is 1. The minimum atomic E-state index is -3.25. The van der Waals surface area contributed by atoms with Gasteiger partial charge in [-0.15, -0.1) is 0 Å². The highest BCUT2D eigenvalue weighted by Gasteiger charge is 2.55. The zero-order valence-electron chi connectivity index (χ0n) is 21.7. The molecule has 4 fully saturated rings. The van der Waals surface area contributed by atoms with E-state index >= 15 is 0 Å². The molecule has 4 aliphatic rings. The molecule has 0 unspecified atom stereocenters. The lowest BCUT2D eigenvalue weighted by molar-refractivity contribution is -0.178. The van der Waals surface area contributed by atoms with E-state index in [4.69, 9.17) is 9.26 Å². The van der Waals surface area contributed by atoms with Gasteiger partial charge in [-0.2, -0.15) is 4.98 Å². The van der Waals surface area contributed by atoms with Crippen LogP contribution in [-0.2, 0) is 10.2 Å². The number of amides is 2. The average Bonchev–Trinajstić information content (AvgIpc) is 3.46. The molecule has 2 aliphatic heterocycles. The summed E-state index contributed by atoms with van der Waals surface area (Å²) < 4.78 is 70.3. The van der Waals surface area contributed by atoms with E-state index in [-0.39, 0.29) is 30.8 Å². The molecule has 2 aliphatic carbocycles. The van der Waals surface area contributed by atoms with Crippen molar-refractivity contribution in [1.29, 1.82) is 0 Å². The topological polar surface area (TPSA) is 83.7 Å². The van der Waals surface area contributed by atoms with E-state index < -0.39 is 49.1 Å². The Labute approximate surface area is 214 Å². The largest absolute Gasteiger partial charge is 0.365 e. The van der Waals surface area contributed by atoms with Crippen molar-refractivity contribution in [1.82, 2.24) is 25.3 Å². The molecule has 2 saturated heterocycles. The maximum absolute atomic E-state index is 15.0. The van der Waals surface area contributed by atoms with Gasteiger partial charge in [0.25, 0.3) is 11.8 Å². The maximum atomic E-state index is 15.0. The Balaban J connectivity index is 1.21. The number of halogens is 4. The van der Waals surface area contributed by atoms with E-state index in [1.807, 2.05) is 20.8 Å². The van der Waals surface area contributed by atoms with Gasteiger partial charge in [-0.05, 0) is 52.4 Å². The molecule has 0 radical (unpaired) electrons. The first-order chi connectivity index (χ1) is 17.4. The highest BCUT2D eigenvalue weighted by molar-refractivity contribution is 5.75. The van der Waals surface area contributed by atoms with Crippen LogP contribution in [0.5, 0.6) is 0 Å². The Morgan fingerprint density at radius 2 is 1.81 bits per heavy atom. The number of carbonyl (C=O) groups excluding carboxylic acids is 1. The monoisotopic (exact) mass is 531 g/mol. The predicted octanol–water partition coefficient (Wildman–Crippen LogP) is 4.31. The number of piperidine rings is 1. The fourth-order valence-electron chi connectivity index (χ4n) is 5.64. The van der Waals surface area contributed by atoms with Crippen LogP contribution < -0.4 is 5.32 Å². The van der Waals surface area contributed by atoms with Crippen molar-refractivity contribution in [2.45, 2.75) is 113 Å². The van der Waals surface area contributed by atoms with Crippen LogP contribution in [0.15, 0.2) is 4.52 Å². The Morgan fingerprint density at radius 1 is 1.11 bits per heavy atom. The second-order valence-corrected chi connectivity index (χ2v) is 11.8. The second-order valence-electron chi connectivity index (χ2n) is 11.8. The highest BCUT2D eigenvalue weighted by atomic mass is 19.3. The quantitative estimate of drug-likeness (QED) is 0.551. The summed E-state index contributed by atoms with van der Waals surface area (Å²) in [6.07, 6.45) is 0.462. The Kier molecular flexibility index (Phi) is 6.96. The molecule has 8 nitrogen and oxygen atoms in total. The minimum absolute atomic E-state index is 0.0311. The number of hydrogen-bond donors (Lipinski definition) is 1. The normalized spacial score (nSPS) is 31.6. The van der Waals surface area contributed by atoms with Crippen molar-refractivity contribution in [2.24, 2.45) is 0 Å². The van der Waals surface area contributed by atoms with E-state index in [0.29, 0.717) is 43.6 Å². The summed E-state index contributed by atoms with van der Waals surface area (Å²) in [5.74, 6) is -4.77. The third kappa shape index (κ3) is 5.46. The van der Waals surface area contributed by atoms with Gasteiger partial charge in [0, 0.05) is 43.4 Å². The molecule has 0 spiro atoms. The van der Waals surface area contributed by atoms with E-state index in [2.05, 4.69) is 15.5 Å². The van der Waals surface area contributed by atoms with Gasteiger partial charge in [0.15, 0.2) is 5.82 Å². The molecule has 1 aromatic rings. The van der Waals surface area contributed by atoms with Gasteiger partial charge in [-0.25, -0.2) is 22.4 Å². The van der Waals surface area contributed by atoms with Gasteiger partial charge < -0.3 is 19.5 Å². The smallest absolute Gasteiger partial charge is 0.317 e. The van der Waals surface area contributed by atoms with Crippen molar-refractivity contribution < 1.29 is 31.6 Å². The third-order valence-electron chi connectivity index (χ3n) is 8.52. The number of nitrogens with zero attached hydrogens (tertiary/aromatic N) is 4. The van der Waals surface area contributed by atoms with Gasteiger partial charge in [0.2, 0.25) is 5.89 Å². The number of alkyl halides is 4. The van der Waals surface area contributed by atoms with Crippen LogP contribution in [0.4, 0.5) is 22.4 Å². The lowest BCUT2D eigenvalue weighted by Gasteiger charge is -2.42. The SMILES string of the molecule is CC(C)N1C[C@H](O[C@H]2CCCC(F)(F)[C@@H]2NC(=O)N2CCC(C)(c3noc(C4CC4)n3)CC2)C(F)(F)C1. The van der Waals surface area contributed by atoms with Crippen molar-refractivity contribution in [3.05, 3.63) is 11.7 Å². The number of ether oxygens (including phenoxy) is 1. The summed E-state index contributed by atoms with van der Waals surface area (Å²) in [7, 11) is 0. The fraction of sp³-hybridized carbons (Fsp3) is 0.880. The van der Waals surface area contributed by atoms with Gasteiger partial charge >= 0.3 is 6.03 Å². The zero-order valence-corrected chi connectivity index (χ0v) is 21.7. The third-order valence-corrected chi connectivity index (χ3v) is 8.52. The number of carbonyl (C=O) groups is 1. The zero-order chi connectivity index (χ0) is 26.6. The summed E-state index contributed by atoms with van der Waals surface area (Å²) in [4.78, 5) is 20.7. The summed E-state index contributed by atoms with van der Waals surface area (Å²) in [6, 6.07) is -2.40. The maximum Gasteiger partial charge on any atom is 0.317 e. The molecule has 5 rings (SSSR count). The van der Waals surface area contributed by atoms with E-state index in [1.165, 1.54) is 4.90 Å². The standard InChI is InChI=1S/C25H37F4N5O3/c1-15(2)34-13-18(25(28,29)14-34)36-17-5-4-8-24(26,27)19(17)30-22(35)33-11-9-23(3,10-12-33)21-31-20(37-32-21)16-6-7-16/h15-19H,4-14H2,1-3H3,(H,30,35)/t17-,18-,19+/m0/s1. The molecule has 12 heteroatoms. The number of aromatic nitrogens is 2. The first-order valence-corrected chi connectivity index (χ1v) is 13.4. The lowest BCUT2D eigenvalue weighted by atomic mass is 9.79. The number of likely N-dealkylation sites (tertiary alicyclic amines) is 2. The van der Waals surface area contributed by atoms with Crippen LogP contribution in [-0.4, -0.2) is 88.3 Å². The van der Waals surface area contributed by atoms with Gasteiger partial charge in [0.05, 0.1) is 12.6 Å².